The van der Waals surface area contributed by atoms with Crippen molar-refractivity contribution in [1.29, 1.82) is 0 Å². The van der Waals surface area contributed by atoms with Crippen LogP contribution in [0.3, 0.4) is 0 Å². The Bertz CT molecular complexity index is 657. The van der Waals surface area contributed by atoms with Crippen LogP contribution in [0.2, 0.25) is 5.02 Å². The van der Waals surface area contributed by atoms with Crippen molar-refractivity contribution in [2.45, 2.75) is 12.8 Å². The van der Waals surface area contributed by atoms with Gasteiger partial charge in [-0.1, -0.05) is 11.6 Å². The number of pyridine rings is 1. The number of carbonyl (C=O) groups is 1. The van der Waals surface area contributed by atoms with Crippen LogP contribution in [0.25, 0.3) is 0 Å². The first-order valence-corrected chi connectivity index (χ1v) is 6.89. The summed E-state index contributed by atoms with van der Waals surface area (Å²) in [5.41, 5.74) is 3.59. The first kappa shape index (κ1) is 12.9. The molecular weight excluding hydrogens is 274 g/mol. The van der Waals surface area contributed by atoms with Crippen molar-refractivity contribution in [2.24, 2.45) is 0 Å². The first-order chi connectivity index (χ1) is 9.74. The zero-order valence-electron chi connectivity index (χ0n) is 10.8. The molecule has 20 heavy (non-hydrogen) atoms. The van der Waals surface area contributed by atoms with Gasteiger partial charge in [-0.25, -0.2) is 0 Å². The molecule has 1 aromatic heterocycles. The Hall–Kier alpha value is -2.07. The Kier molecular flexibility index (Phi) is 3.56. The van der Waals surface area contributed by atoms with Crippen molar-refractivity contribution in [2.75, 3.05) is 17.2 Å². The normalized spacial score (nSPS) is 13.2. The van der Waals surface area contributed by atoms with Gasteiger partial charge in [0.05, 0.1) is 10.6 Å². The van der Waals surface area contributed by atoms with Gasteiger partial charge < -0.3 is 10.6 Å². The summed E-state index contributed by atoms with van der Waals surface area (Å²) in [6, 6.07) is 7.51. The summed E-state index contributed by atoms with van der Waals surface area (Å²) >= 11 is 5.97. The molecule has 0 bridgehead atoms. The van der Waals surface area contributed by atoms with Crippen LogP contribution in [-0.2, 0) is 6.42 Å². The van der Waals surface area contributed by atoms with Crippen LogP contribution >= 0.6 is 11.6 Å². The van der Waals surface area contributed by atoms with E-state index in [0.29, 0.717) is 10.6 Å². The van der Waals surface area contributed by atoms with Crippen LogP contribution in [0.5, 0.6) is 0 Å². The van der Waals surface area contributed by atoms with E-state index in [1.54, 1.807) is 12.3 Å². The van der Waals surface area contributed by atoms with Crippen molar-refractivity contribution < 1.29 is 4.79 Å². The number of aryl methyl sites for hydroxylation is 1. The second-order valence-electron chi connectivity index (χ2n) is 4.71. The summed E-state index contributed by atoms with van der Waals surface area (Å²) in [7, 11) is 0. The molecule has 2 N–H and O–H groups in total. The third-order valence-electron chi connectivity index (χ3n) is 3.32. The Morgan fingerprint density at radius 2 is 2.25 bits per heavy atom. The van der Waals surface area contributed by atoms with Crippen LogP contribution in [0.4, 0.5) is 11.4 Å². The summed E-state index contributed by atoms with van der Waals surface area (Å²) in [5, 5.41) is 6.56. The number of nitrogens with one attached hydrogen (secondary N) is 2. The number of aromatic nitrogens is 1. The van der Waals surface area contributed by atoms with Gasteiger partial charge >= 0.3 is 0 Å². The number of anilines is 2. The van der Waals surface area contributed by atoms with E-state index in [2.05, 4.69) is 15.6 Å². The van der Waals surface area contributed by atoms with Gasteiger partial charge in [-0.15, -0.1) is 0 Å². The molecule has 0 saturated heterocycles. The van der Waals surface area contributed by atoms with Crippen LogP contribution in [0.1, 0.15) is 22.3 Å². The molecule has 0 aliphatic carbocycles. The van der Waals surface area contributed by atoms with E-state index in [0.717, 1.165) is 30.8 Å². The fourth-order valence-electron chi connectivity index (χ4n) is 2.31. The van der Waals surface area contributed by atoms with E-state index in [1.165, 1.54) is 11.8 Å². The van der Waals surface area contributed by atoms with Crippen molar-refractivity contribution >= 4 is 28.9 Å². The molecule has 1 aliphatic heterocycles. The van der Waals surface area contributed by atoms with Crippen molar-refractivity contribution in [3.05, 3.63) is 52.8 Å². The highest BCUT2D eigenvalue weighted by Gasteiger charge is 2.12. The molecule has 3 rings (SSSR count). The lowest BCUT2D eigenvalue weighted by molar-refractivity contribution is 0.102. The van der Waals surface area contributed by atoms with E-state index >= 15 is 0 Å². The fraction of sp³-hybridized carbons (Fsp3) is 0.200. The molecule has 0 spiro atoms. The fourth-order valence-corrected chi connectivity index (χ4v) is 2.52. The maximum Gasteiger partial charge on any atom is 0.257 e. The van der Waals surface area contributed by atoms with Gasteiger partial charge in [-0.3, -0.25) is 9.78 Å². The minimum atomic E-state index is -0.221. The average molecular weight is 288 g/mol. The van der Waals surface area contributed by atoms with E-state index in [1.807, 2.05) is 18.2 Å². The third kappa shape index (κ3) is 2.60. The second kappa shape index (κ2) is 5.51. The van der Waals surface area contributed by atoms with E-state index in [9.17, 15) is 4.79 Å². The summed E-state index contributed by atoms with van der Waals surface area (Å²) in [6.07, 6.45) is 5.16. The topological polar surface area (TPSA) is 54.0 Å². The predicted molar refractivity (Wildman–Crippen MR) is 80.5 cm³/mol. The highest BCUT2D eigenvalue weighted by molar-refractivity contribution is 6.34. The van der Waals surface area contributed by atoms with E-state index in [4.69, 9.17) is 11.6 Å². The number of hydrogen-bond acceptors (Lipinski definition) is 3. The van der Waals surface area contributed by atoms with Gasteiger partial charge in [0.1, 0.15) is 0 Å². The molecule has 5 heteroatoms. The zero-order chi connectivity index (χ0) is 13.9. The Morgan fingerprint density at radius 1 is 1.35 bits per heavy atom. The average Bonchev–Trinajstić information content (AvgIpc) is 2.47. The molecule has 0 unspecified atom stereocenters. The number of hydrogen-bond donors (Lipinski definition) is 2. The summed E-state index contributed by atoms with van der Waals surface area (Å²) in [4.78, 5) is 16.0. The zero-order valence-corrected chi connectivity index (χ0v) is 11.6. The third-order valence-corrected chi connectivity index (χ3v) is 3.62. The van der Waals surface area contributed by atoms with Crippen LogP contribution < -0.4 is 10.6 Å². The summed E-state index contributed by atoms with van der Waals surface area (Å²) < 4.78 is 0. The van der Waals surface area contributed by atoms with Crippen LogP contribution in [0, 0.1) is 0 Å². The molecule has 102 valence electrons. The highest BCUT2D eigenvalue weighted by Crippen LogP contribution is 2.25. The van der Waals surface area contributed by atoms with E-state index in [-0.39, 0.29) is 5.91 Å². The van der Waals surface area contributed by atoms with Crippen LogP contribution in [-0.4, -0.2) is 17.4 Å². The molecule has 1 aromatic carbocycles. The monoisotopic (exact) mass is 287 g/mol. The number of amides is 1. The predicted octanol–water partition coefficient (Wildman–Crippen LogP) is 3.35. The lowest BCUT2D eigenvalue weighted by Crippen LogP contribution is -2.15. The summed E-state index contributed by atoms with van der Waals surface area (Å²) in [5.74, 6) is -0.221. The number of fused-ring (bicyclic) bond motifs is 1. The molecule has 2 aromatic rings. The van der Waals surface area contributed by atoms with Gasteiger partial charge in [0.15, 0.2) is 0 Å². The highest BCUT2D eigenvalue weighted by atomic mass is 35.5. The SMILES string of the molecule is O=C(Nc1ccc2c(c1)CCCN2)c1ccncc1Cl. The molecule has 1 aliphatic rings. The van der Waals surface area contributed by atoms with Crippen molar-refractivity contribution in [3.63, 3.8) is 0 Å². The molecule has 0 radical (unpaired) electrons. The Morgan fingerprint density at radius 3 is 3.10 bits per heavy atom. The molecule has 4 nitrogen and oxygen atoms in total. The molecular formula is C15H14ClN3O. The molecule has 1 amide bonds. The maximum atomic E-state index is 12.2. The number of benzene rings is 1. The Labute approximate surface area is 122 Å². The second-order valence-corrected chi connectivity index (χ2v) is 5.12. The van der Waals surface area contributed by atoms with E-state index < -0.39 is 0 Å². The summed E-state index contributed by atoms with van der Waals surface area (Å²) in [6.45, 7) is 1.01. The van der Waals surface area contributed by atoms with Gasteiger partial charge in [0.2, 0.25) is 0 Å². The van der Waals surface area contributed by atoms with Gasteiger partial charge in [0, 0.05) is 30.3 Å². The maximum absolute atomic E-state index is 12.2. The smallest absolute Gasteiger partial charge is 0.257 e. The standard InChI is InChI=1S/C15H14ClN3O/c16-13-9-17-7-5-12(13)15(20)19-11-3-4-14-10(8-11)2-1-6-18-14/h3-5,7-9,18H,1-2,6H2,(H,19,20). The lowest BCUT2D eigenvalue weighted by atomic mass is 10.0. The number of rotatable bonds is 2. The largest absolute Gasteiger partial charge is 0.385 e. The number of carbonyl (C=O) groups excluding carboxylic acids is 1. The first-order valence-electron chi connectivity index (χ1n) is 6.52. The number of nitrogens with zero attached hydrogens (tertiary/aromatic N) is 1. The Balaban J connectivity index is 1.81. The van der Waals surface area contributed by atoms with Crippen molar-refractivity contribution in [1.82, 2.24) is 4.98 Å². The van der Waals surface area contributed by atoms with Crippen LogP contribution in [0.15, 0.2) is 36.7 Å². The van der Waals surface area contributed by atoms with Gasteiger partial charge in [0.25, 0.3) is 5.91 Å². The molecule has 0 saturated carbocycles. The molecule has 0 atom stereocenters. The number of halogens is 1. The van der Waals surface area contributed by atoms with Gasteiger partial charge in [-0.05, 0) is 42.7 Å². The van der Waals surface area contributed by atoms with Gasteiger partial charge in [-0.2, -0.15) is 0 Å². The van der Waals surface area contributed by atoms with Crippen molar-refractivity contribution in [3.8, 4) is 0 Å². The molecule has 2 heterocycles. The molecule has 0 fully saturated rings. The minimum Gasteiger partial charge on any atom is -0.385 e. The lowest BCUT2D eigenvalue weighted by Gasteiger charge is -2.18. The quantitative estimate of drug-likeness (QED) is 0.891. The minimum absolute atomic E-state index is 0.221.